The highest BCUT2D eigenvalue weighted by Gasteiger charge is 2.38. The number of anilines is 2. The largest absolute Gasteiger partial charge is 0.351 e. The van der Waals surface area contributed by atoms with Crippen molar-refractivity contribution in [1.82, 2.24) is 0 Å². The number of hydrogen-bond donors (Lipinski definition) is 1. The molecular weight excluding hydrogens is 344 g/mol. The Morgan fingerprint density at radius 3 is 2.18 bits per heavy atom. The summed E-state index contributed by atoms with van der Waals surface area (Å²) in [6.45, 7) is 6.54. The van der Waals surface area contributed by atoms with Crippen molar-refractivity contribution in [1.29, 1.82) is 0 Å². The summed E-state index contributed by atoms with van der Waals surface area (Å²) in [5, 5.41) is 3.43. The summed E-state index contributed by atoms with van der Waals surface area (Å²) in [4.78, 5) is 15.3. The van der Waals surface area contributed by atoms with Crippen LogP contribution in [0, 0.1) is 5.92 Å². The Bertz CT molecular complexity index is 936. The molecule has 28 heavy (non-hydrogen) atoms. The third kappa shape index (κ3) is 3.37. The molecule has 0 bridgehead atoms. The molecule has 3 nitrogen and oxygen atoms in total. The molecule has 0 saturated carbocycles. The molecular formula is C25H28N2O. The number of nitrogens with zero attached hydrogens (tertiary/aromatic N) is 1. The topological polar surface area (TPSA) is 32.3 Å². The Morgan fingerprint density at radius 1 is 0.964 bits per heavy atom. The van der Waals surface area contributed by atoms with Crippen LogP contribution in [0.15, 0.2) is 71.6 Å². The molecule has 1 amide bonds. The number of benzene rings is 2. The Balaban J connectivity index is 1.69. The van der Waals surface area contributed by atoms with Crippen LogP contribution in [0.25, 0.3) is 0 Å². The van der Waals surface area contributed by atoms with Gasteiger partial charge in [-0.05, 0) is 67.0 Å². The van der Waals surface area contributed by atoms with Crippen molar-refractivity contribution in [3.05, 3.63) is 82.7 Å². The predicted molar refractivity (Wildman–Crippen MR) is 116 cm³/mol. The number of nitrogens with one attached hydrogen (secondary N) is 1. The maximum Gasteiger partial charge on any atom is 0.279 e. The van der Waals surface area contributed by atoms with Gasteiger partial charge in [0.25, 0.3) is 5.91 Å². The zero-order valence-electron chi connectivity index (χ0n) is 17.0. The van der Waals surface area contributed by atoms with Gasteiger partial charge in [-0.25, -0.2) is 0 Å². The summed E-state index contributed by atoms with van der Waals surface area (Å²) >= 11 is 0. The van der Waals surface area contributed by atoms with Crippen LogP contribution in [0.4, 0.5) is 11.4 Å². The fraction of sp³-hybridized carbons (Fsp3) is 0.320. The number of rotatable bonds is 5. The van der Waals surface area contributed by atoms with E-state index in [0.717, 1.165) is 54.0 Å². The van der Waals surface area contributed by atoms with Gasteiger partial charge < -0.3 is 5.32 Å². The van der Waals surface area contributed by atoms with Gasteiger partial charge in [-0.15, -0.1) is 0 Å². The van der Waals surface area contributed by atoms with Crippen LogP contribution >= 0.6 is 0 Å². The lowest BCUT2D eigenvalue weighted by atomic mass is 9.90. The standard InChI is InChI=1S/C25H28N2O/c1-4-18-7-11-20(12-8-18)26-24-22-16-17(3)6-15-23(22)27(25(24)28)21-13-9-19(5-2)10-14-21/h7-15,17,26H,4-6,16H2,1-3H3. The van der Waals surface area contributed by atoms with Crippen LogP contribution in [-0.4, -0.2) is 5.91 Å². The van der Waals surface area contributed by atoms with E-state index in [1.54, 1.807) is 0 Å². The van der Waals surface area contributed by atoms with E-state index < -0.39 is 0 Å². The molecule has 1 atom stereocenters. The van der Waals surface area contributed by atoms with Crippen LogP contribution in [0.1, 0.15) is 44.7 Å². The fourth-order valence-corrected chi connectivity index (χ4v) is 4.01. The minimum absolute atomic E-state index is 0.0409. The van der Waals surface area contributed by atoms with Crippen LogP contribution in [0.5, 0.6) is 0 Å². The molecule has 0 saturated heterocycles. The lowest BCUT2D eigenvalue weighted by molar-refractivity contribution is -0.114. The van der Waals surface area contributed by atoms with E-state index in [-0.39, 0.29) is 5.91 Å². The van der Waals surface area contributed by atoms with Crippen molar-refractivity contribution < 1.29 is 4.79 Å². The van der Waals surface area contributed by atoms with Gasteiger partial charge in [-0.2, -0.15) is 0 Å². The summed E-state index contributed by atoms with van der Waals surface area (Å²) in [6, 6.07) is 16.7. The molecule has 1 unspecified atom stereocenters. The first kappa shape index (κ1) is 18.5. The van der Waals surface area contributed by atoms with Crippen molar-refractivity contribution in [2.45, 2.75) is 46.5 Å². The predicted octanol–water partition coefficient (Wildman–Crippen LogP) is 5.84. The zero-order chi connectivity index (χ0) is 19.7. The van der Waals surface area contributed by atoms with Crippen LogP contribution < -0.4 is 10.2 Å². The second-order valence-corrected chi connectivity index (χ2v) is 7.82. The summed E-state index contributed by atoms with van der Waals surface area (Å²) in [6.07, 6.45) is 6.17. The smallest absolute Gasteiger partial charge is 0.279 e. The Morgan fingerprint density at radius 2 is 1.57 bits per heavy atom. The molecule has 1 N–H and O–H groups in total. The highest BCUT2D eigenvalue weighted by atomic mass is 16.2. The molecule has 4 rings (SSSR count). The normalized spacial score (nSPS) is 19.0. The first-order valence-corrected chi connectivity index (χ1v) is 10.3. The first-order chi connectivity index (χ1) is 13.6. The van der Waals surface area contributed by atoms with Gasteiger partial charge >= 0.3 is 0 Å². The van der Waals surface area contributed by atoms with E-state index in [2.05, 4.69) is 80.7 Å². The molecule has 3 heteroatoms. The number of carbonyl (C=O) groups is 1. The number of amides is 1. The lowest BCUT2D eigenvalue weighted by Crippen LogP contribution is -2.27. The molecule has 0 radical (unpaired) electrons. The summed E-state index contributed by atoms with van der Waals surface area (Å²) in [7, 11) is 0. The van der Waals surface area contributed by atoms with Gasteiger partial charge in [0.1, 0.15) is 5.70 Å². The van der Waals surface area contributed by atoms with E-state index in [1.165, 1.54) is 11.1 Å². The zero-order valence-corrected chi connectivity index (χ0v) is 17.0. The average molecular weight is 373 g/mol. The van der Waals surface area contributed by atoms with Crippen molar-refractivity contribution in [3.63, 3.8) is 0 Å². The van der Waals surface area contributed by atoms with Crippen molar-refractivity contribution in [2.75, 3.05) is 10.2 Å². The monoisotopic (exact) mass is 372 g/mol. The number of allylic oxidation sites excluding steroid dienone is 2. The summed E-state index contributed by atoms with van der Waals surface area (Å²) in [5.41, 5.74) is 7.41. The van der Waals surface area contributed by atoms with Gasteiger partial charge in [0, 0.05) is 16.9 Å². The van der Waals surface area contributed by atoms with Gasteiger partial charge in [-0.3, -0.25) is 9.69 Å². The molecule has 2 aromatic rings. The minimum Gasteiger partial charge on any atom is -0.351 e. The Kier molecular flexibility index (Phi) is 5.08. The lowest BCUT2D eigenvalue weighted by Gasteiger charge is -2.24. The van der Waals surface area contributed by atoms with E-state index in [9.17, 15) is 4.79 Å². The molecule has 2 aliphatic rings. The van der Waals surface area contributed by atoms with E-state index in [4.69, 9.17) is 0 Å². The third-order valence-electron chi connectivity index (χ3n) is 5.77. The number of hydrogen-bond acceptors (Lipinski definition) is 2. The second kappa shape index (κ2) is 7.67. The van der Waals surface area contributed by atoms with Gasteiger partial charge in [-0.1, -0.05) is 51.1 Å². The summed E-state index contributed by atoms with van der Waals surface area (Å²) in [5.74, 6) is 0.590. The fourth-order valence-electron chi connectivity index (χ4n) is 4.01. The first-order valence-electron chi connectivity index (χ1n) is 10.3. The van der Waals surface area contributed by atoms with Crippen molar-refractivity contribution >= 4 is 17.3 Å². The van der Waals surface area contributed by atoms with Crippen molar-refractivity contribution in [2.24, 2.45) is 5.92 Å². The number of aryl methyl sites for hydroxylation is 2. The quantitative estimate of drug-likeness (QED) is 0.715. The average Bonchev–Trinajstić information content (AvgIpc) is 2.99. The van der Waals surface area contributed by atoms with Gasteiger partial charge in [0.2, 0.25) is 0 Å². The molecule has 1 aliphatic heterocycles. The molecule has 0 aromatic heterocycles. The third-order valence-corrected chi connectivity index (χ3v) is 5.77. The molecule has 144 valence electrons. The molecule has 0 spiro atoms. The van der Waals surface area contributed by atoms with Crippen LogP contribution in [0.2, 0.25) is 0 Å². The Labute approximate surface area is 167 Å². The highest BCUT2D eigenvalue weighted by molar-refractivity contribution is 6.15. The highest BCUT2D eigenvalue weighted by Crippen LogP contribution is 2.41. The summed E-state index contributed by atoms with van der Waals surface area (Å²) < 4.78 is 0. The van der Waals surface area contributed by atoms with Gasteiger partial charge in [0.15, 0.2) is 0 Å². The van der Waals surface area contributed by atoms with Crippen LogP contribution in [-0.2, 0) is 17.6 Å². The maximum absolute atomic E-state index is 13.4. The second-order valence-electron chi connectivity index (χ2n) is 7.82. The van der Waals surface area contributed by atoms with Crippen molar-refractivity contribution in [3.8, 4) is 0 Å². The SMILES string of the molecule is CCc1ccc(NC2=C3CC(C)CC=C3N(c3ccc(CC)cc3)C2=O)cc1. The van der Waals surface area contributed by atoms with E-state index in [1.807, 2.05) is 4.90 Å². The van der Waals surface area contributed by atoms with E-state index >= 15 is 0 Å². The molecule has 1 aliphatic carbocycles. The molecule has 0 fully saturated rings. The Hall–Kier alpha value is -2.81. The minimum atomic E-state index is 0.0409. The number of carbonyl (C=O) groups excluding carboxylic acids is 1. The maximum atomic E-state index is 13.4. The molecule has 1 heterocycles. The van der Waals surface area contributed by atoms with E-state index in [0.29, 0.717) is 5.92 Å². The van der Waals surface area contributed by atoms with Gasteiger partial charge in [0.05, 0.1) is 5.70 Å². The molecule has 2 aromatic carbocycles. The van der Waals surface area contributed by atoms with Crippen LogP contribution in [0.3, 0.4) is 0 Å². The number of fused-ring (bicyclic) bond motifs is 1.